The van der Waals surface area contributed by atoms with Crippen molar-refractivity contribution >= 4 is 30.0 Å². The first-order chi connectivity index (χ1) is 16.9. The molecule has 11 heteroatoms. The third kappa shape index (κ3) is 8.90. The number of ether oxygens (including phenoxy) is 2. The number of aryl methyl sites for hydroxylation is 2. The van der Waals surface area contributed by atoms with Gasteiger partial charge in [0.25, 0.3) is 5.91 Å². The van der Waals surface area contributed by atoms with Crippen LogP contribution in [0.2, 0.25) is 0 Å². The highest BCUT2D eigenvalue weighted by Crippen LogP contribution is 2.14. The van der Waals surface area contributed by atoms with Crippen LogP contribution >= 0.6 is 0 Å². The minimum atomic E-state index is -1.14. The topological polar surface area (TPSA) is 152 Å². The largest absolute Gasteiger partial charge is 0.508 e. The van der Waals surface area contributed by atoms with Gasteiger partial charge in [-0.2, -0.15) is 0 Å². The fraction of sp³-hybridized carbons (Fsp3) is 0.400. The second-order valence-electron chi connectivity index (χ2n) is 8.90. The standard InChI is InChI=1S/C25H33N5O6/c1-15-20(21(32)30-19(22(33)35-6)14-27-24(34)36-25(3,4)5)16(2)29-23(28-15)26-12-8-10-17-9-7-11-18(31)13-17/h7-11,13,19,31H,12,14H2,1-6H3,(H,27,34)(H,30,32)(H,26,28,29)/b10-8+/t19-/m0/s1. The van der Waals surface area contributed by atoms with Crippen molar-refractivity contribution in [3.05, 3.63) is 52.9 Å². The van der Waals surface area contributed by atoms with E-state index in [9.17, 15) is 19.5 Å². The number of hydrogen-bond acceptors (Lipinski definition) is 9. The predicted octanol–water partition coefficient (Wildman–Crippen LogP) is 2.72. The Bertz CT molecular complexity index is 1100. The SMILES string of the molecule is COC(=O)[C@H](CNC(=O)OC(C)(C)C)NC(=O)c1c(C)nc(NC/C=C/c2cccc(O)c2)nc1C. The Morgan fingerprint density at radius 3 is 2.39 bits per heavy atom. The van der Waals surface area contributed by atoms with E-state index in [1.807, 2.05) is 18.2 Å². The van der Waals surface area contributed by atoms with Crippen molar-refractivity contribution < 1.29 is 29.0 Å². The molecule has 1 heterocycles. The van der Waals surface area contributed by atoms with Gasteiger partial charge in [0.15, 0.2) is 0 Å². The molecule has 36 heavy (non-hydrogen) atoms. The summed E-state index contributed by atoms with van der Waals surface area (Å²) in [6.07, 6.45) is 2.96. The third-order valence-electron chi connectivity index (χ3n) is 4.70. The minimum absolute atomic E-state index is 0.184. The number of nitrogens with one attached hydrogen (secondary N) is 3. The van der Waals surface area contributed by atoms with E-state index < -0.39 is 29.6 Å². The molecule has 0 aliphatic heterocycles. The molecule has 4 N–H and O–H groups in total. The lowest BCUT2D eigenvalue weighted by Gasteiger charge is -2.22. The highest BCUT2D eigenvalue weighted by atomic mass is 16.6. The van der Waals surface area contributed by atoms with Crippen LogP contribution in [0.15, 0.2) is 30.3 Å². The van der Waals surface area contributed by atoms with Crippen LogP contribution in [-0.2, 0) is 14.3 Å². The molecule has 0 bridgehead atoms. The maximum atomic E-state index is 13.0. The van der Waals surface area contributed by atoms with Gasteiger partial charge in [-0.05, 0) is 52.3 Å². The first-order valence-corrected chi connectivity index (χ1v) is 11.3. The zero-order valence-electron chi connectivity index (χ0n) is 21.3. The fourth-order valence-electron chi connectivity index (χ4n) is 3.16. The normalized spacial score (nSPS) is 12.1. The van der Waals surface area contributed by atoms with Crippen LogP contribution in [0.5, 0.6) is 5.75 Å². The summed E-state index contributed by atoms with van der Waals surface area (Å²) < 4.78 is 9.90. The van der Waals surface area contributed by atoms with E-state index in [-0.39, 0.29) is 17.9 Å². The number of carbonyl (C=O) groups excluding carboxylic acids is 3. The number of hydrogen-bond donors (Lipinski definition) is 4. The smallest absolute Gasteiger partial charge is 0.407 e. The molecule has 11 nitrogen and oxygen atoms in total. The van der Waals surface area contributed by atoms with Gasteiger partial charge in [0.2, 0.25) is 5.95 Å². The predicted molar refractivity (Wildman–Crippen MR) is 135 cm³/mol. The summed E-state index contributed by atoms with van der Waals surface area (Å²) in [4.78, 5) is 45.7. The quantitative estimate of drug-likeness (QED) is 0.382. The molecule has 0 unspecified atom stereocenters. The summed E-state index contributed by atoms with van der Waals surface area (Å²) in [6, 6.07) is 5.70. The molecular weight excluding hydrogens is 466 g/mol. The number of carbonyl (C=O) groups is 3. The maximum Gasteiger partial charge on any atom is 0.407 e. The Morgan fingerprint density at radius 2 is 1.81 bits per heavy atom. The van der Waals surface area contributed by atoms with Gasteiger partial charge < -0.3 is 30.5 Å². The second kappa shape index (κ2) is 12.5. The van der Waals surface area contributed by atoms with Crippen molar-refractivity contribution in [2.75, 3.05) is 25.5 Å². The van der Waals surface area contributed by atoms with Crippen LogP contribution in [0.3, 0.4) is 0 Å². The molecule has 0 fully saturated rings. The first kappa shape index (κ1) is 28.1. The van der Waals surface area contributed by atoms with Crippen molar-refractivity contribution in [2.45, 2.75) is 46.3 Å². The van der Waals surface area contributed by atoms with Crippen molar-refractivity contribution in [1.82, 2.24) is 20.6 Å². The van der Waals surface area contributed by atoms with Crippen LogP contribution in [0, 0.1) is 13.8 Å². The van der Waals surface area contributed by atoms with Crippen LogP contribution in [0.1, 0.15) is 48.1 Å². The molecular formula is C25H33N5O6. The van der Waals surface area contributed by atoms with Crippen molar-refractivity contribution in [3.8, 4) is 5.75 Å². The Labute approximate surface area is 210 Å². The number of esters is 1. The summed E-state index contributed by atoms with van der Waals surface area (Å²) in [5, 5.41) is 17.6. The molecule has 1 atom stereocenters. The number of nitrogens with zero attached hydrogens (tertiary/aromatic N) is 2. The number of amides is 2. The molecule has 2 aromatic rings. The first-order valence-electron chi connectivity index (χ1n) is 11.3. The van der Waals surface area contributed by atoms with Crippen molar-refractivity contribution in [2.24, 2.45) is 0 Å². The van der Waals surface area contributed by atoms with Gasteiger partial charge in [0.1, 0.15) is 17.4 Å². The third-order valence-corrected chi connectivity index (χ3v) is 4.70. The summed E-state index contributed by atoms with van der Waals surface area (Å²) in [7, 11) is 1.18. The number of anilines is 1. The van der Waals surface area contributed by atoms with Crippen molar-refractivity contribution in [1.29, 1.82) is 0 Å². The lowest BCUT2D eigenvalue weighted by atomic mass is 10.1. The molecule has 0 radical (unpaired) electrons. The Hall–Kier alpha value is -4.15. The van der Waals surface area contributed by atoms with Crippen LogP contribution in [-0.4, -0.2) is 64.9 Å². The van der Waals surface area contributed by atoms with E-state index in [0.29, 0.717) is 23.9 Å². The Kier molecular flexibility index (Phi) is 9.77. The zero-order valence-corrected chi connectivity index (χ0v) is 21.3. The summed E-state index contributed by atoms with van der Waals surface area (Å²) >= 11 is 0. The molecule has 0 saturated heterocycles. The van der Waals surface area contributed by atoms with E-state index >= 15 is 0 Å². The van der Waals surface area contributed by atoms with Gasteiger partial charge in [-0.25, -0.2) is 19.6 Å². The number of methoxy groups -OCH3 is 1. The summed E-state index contributed by atoms with van der Waals surface area (Å²) in [5.74, 6) is -0.795. The average Bonchev–Trinajstić information content (AvgIpc) is 2.77. The van der Waals surface area contributed by atoms with E-state index in [0.717, 1.165) is 5.56 Å². The monoisotopic (exact) mass is 499 g/mol. The van der Waals surface area contributed by atoms with Gasteiger partial charge in [-0.1, -0.05) is 24.3 Å². The highest BCUT2D eigenvalue weighted by Gasteiger charge is 2.26. The second-order valence-corrected chi connectivity index (χ2v) is 8.90. The number of alkyl carbamates (subject to hydrolysis) is 1. The molecule has 0 aliphatic carbocycles. The lowest BCUT2D eigenvalue weighted by molar-refractivity contribution is -0.142. The summed E-state index contributed by atoms with van der Waals surface area (Å²) in [5.41, 5.74) is 1.15. The van der Waals surface area contributed by atoms with E-state index in [1.54, 1.807) is 52.8 Å². The van der Waals surface area contributed by atoms with E-state index in [2.05, 4.69) is 25.9 Å². The Balaban J connectivity index is 2.04. The molecule has 0 spiro atoms. The maximum absolute atomic E-state index is 13.0. The van der Waals surface area contributed by atoms with Crippen LogP contribution < -0.4 is 16.0 Å². The average molecular weight is 500 g/mol. The van der Waals surface area contributed by atoms with Crippen molar-refractivity contribution in [3.63, 3.8) is 0 Å². The molecule has 0 aliphatic rings. The van der Waals surface area contributed by atoms with Gasteiger partial charge in [-0.15, -0.1) is 0 Å². The number of aromatic hydroxyl groups is 1. The van der Waals surface area contributed by atoms with Gasteiger partial charge >= 0.3 is 12.1 Å². The highest BCUT2D eigenvalue weighted by molar-refractivity contribution is 5.98. The lowest BCUT2D eigenvalue weighted by Crippen LogP contribution is -2.50. The molecule has 1 aromatic heterocycles. The molecule has 0 saturated carbocycles. The molecule has 2 amide bonds. The number of aromatic nitrogens is 2. The number of phenols is 1. The van der Waals surface area contributed by atoms with E-state index in [4.69, 9.17) is 9.47 Å². The van der Waals surface area contributed by atoms with Gasteiger partial charge in [0, 0.05) is 6.54 Å². The fourth-order valence-corrected chi connectivity index (χ4v) is 3.16. The summed E-state index contributed by atoms with van der Waals surface area (Å²) in [6.45, 7) is 8.63. The van der Waals surface area contributed by atoms with E-state index in [1.165, 1.54) is 7.11 Å². The Morgan fingerprint density at radius 1 is 1.14 bits per heavy atom. The van der Waals surface area contributed by atoms with Gasteiger partial charge in [0.05, 0.1) is 30.6 Å². The van der Waals surface area contributed by atoms with Crippen LogP contribution in [0.4, 0.5) is 10.7 Å². The zero-order chi connectivity index (χ0) is 26.9. The number of phenolic OH excluding ortho intramolecular Hbond substituents is 1. The number of rotatable bonds is 9. The minimum Gasteiger partial charge on any atom is -0.508 e. The molecule has 1 aromatic carbocycles. The number of benzene rings is 1. The van der Waals surface area contributed by atoms with Crippen LogP contribution in [0.25, 0.3) is 6.08 Å². The van der Waals surface area contributed by atoms with Gasteiger partial charge in [-0.3, -0.25) is 4.79 Å². The molecule has 2 rings (SSSR count). The molecule has 194 valence electrons.